The van der Waals surface area contributed by atoms with E-state index in [1.165, 1.54) is 11.8 Å². The zero-order valence-electron chi connectivity index (χ0n) is 15.2. The first-order valence-electron chi connectivity index (χ1n) is 8.51. The van der Waals surface area contributed by atoms with Crippen LogP contribution in [0.2, 0.25) is 0 Å². The van der Waals surface area contributed by atoms with Crippen molar-refractivity contribution in [3.63, 3.8) is 0 Å². The zero-order valence-corrected chi connectivity index (χ0v) is 16.0. The fourth-order valence-electron chi connectivity index (χ4n) is 2.31. The van der Waals surface area contributed by atoms with Gasteiger partial charge in [0.15, 0.2) is 11.0 Å². The summed E-state index contributed by atoms with van der Waals surface area (Å²) in [6.07, 6.45) is 2.08. The predicted octanol–water partition coefficient (Wildman–Crippen LogP) is 3.80. The van der Waals surface area contributed by atoms with Gasteiger partial charge in [0, 0.05) is 12.1 Å². The second-order valence-corrected chi connectivity index (χ2v) is 6.86. The summed E-state index contributed by atoms with van der Waals surface area (Å²) in [7, 11) is 1.64. The first kappa shape index (κ1) is 19.3. The summed E-state index contributed by atoms with van der Waals surface area (Å²) in [5.74, 6) is 1.37. The van der Waals surface area contributed by atoms with Crippen molar-refractivity contribution in [3.05, 3.63) is 24.3 Å². The molecule has 2 aromatic rings. The Kier molecular flexibility index (Phi) is 7.31. The Morgan fingerprint density at radius 1 is 1.24 bits per heavy atom. The lowest BCUT2D eigenvalue weighted by atomic mass is 10.2. The number of nitrogens with zero attached hydrogens (tertiary/aromatic N) is 3. The lowest BCUT2D eigenvalue weighted by Crippen LogP contribution is -2.17. The molecule has 1 atom stereocenters. The van der Waals surface area contributed by atoms with Gasteiger partial charge in [-0.3, -0.25) is 4.79 Å². The van der Waals surface area contributed by atoms with Gasteiger partial charge in [0.2, 0.25) is 0 Å². The number of thioether (sulfide) groups is 1. The Labute approximate surface area is 152 Å². The van der Waals surface area contributed by atoms with Crippen molar-refractivity contribution < 1.29 is 14.3 Å². The van der Waals surface area contributed by atoms with Crippen LogP contribution < -0.4 is 4.74 Å². The SMILES string of the molecule is CCCCn1c(SC(C)C(=O)OCC)nnc1-c1ccc(OC)cc1. The normalized spacial score (nSPS) is 12.0. The number of carbonyl (C=O) groups is 1. The molecule has 1 aromatic heterocycles. The van der Waals surface area contributed by atoms with Crippen molar-refractivity contribution in [2.75, 3.05) is 13.7 Å². The van der Waals surface area contributed by atoms with Crippen LogP contribution in [0.3, 0.4) is 0 Å². The van der Waals surface area contributed by atoms with Gasteiger partial charge in [0.05, 0.1) is 13.7 Å². The van der Waals surface area contributed by atoms with Crippen LogP contribution in [0.5, 0.6) is 5.75 Å². The molecule has 1 aromatic carbocycles. The average Bonchev–Trinajstić information content (AvgIpc) is 3.02. The molecular weight excluding hydrogens is 338 g/mol. The molecular formula is C18H25N3O3S. The van der Waals surface area contributed by atoms with Crippen LogP contribution in [0.4, 0.5) is 0 Å². The highest BCUT2D eigenvalue weighted by molar-refractivity contribution is 8.00. The molecule has 0 aliphatic carbocycles. The van der Waals surface area contributed by atoms with E-state index >= 15 is 0 Å². The summed E-state index contributed by atoms with van der Waals surface area (Å²) in [5, 5.41) is 9.07. The maximum absolute atomic E-state index is 11.9. The second kappa shape index (κ2) is 9.46. The number of methoxy groups -OCH3 is 1. The number of unbranched alkanes of at least 4 members (excludes halogenated alkanes) is 1. The van der Waals surface area contributed by atoms with E-state index in [9.17, 15) is 4.79 Å². The van der Waals surface area contributed by atoms with E-state index in [1.807, 2.05) is 31.2 Å². The minimum Gasteiger partial charge on any atom is -0.497 e. The maximum atomic E-state index is 11.9. The van der Waals surface area contributed by atoms with Gasteiger partial charge in [-0.1, -0.05) is 25.1 Å². The molecule has 0 N–H and O–H groups in total. The minimum absolute atomic E-state index is 0.233. The number of esters is 1. The van der Waals surface area contributed by atoms with Crippen LogP contribution in [-0.4, -0.2) is 39.7 Å². The monoisotopic (exact) mass is 363 g/mol. The van der Waals surface area contributed by atoms with Crippen molar-refractivity contribution >= 4 is 17.7 Å². The van der Waals surface area contributed by atoms with E-state index in [0.717, 1.165) is 41.7 Å². The fourth-order valence-corrected chi connectivity index (χ4v) is 3.19. The smallest absolute Gasteiger partial charge is 0.319 e. The summed E-state index contributed by atoms with van der Waals surface area (Å²) in [5.41, 5.74) is 0.972. The van der Waals surface area contributed by atoms with E-state index in [0.29, 0.717) is 6.61 Å². The molecule has 136 valence electrons. The van der Waals surface area contributed by atoms with E-state index in [-0.39, 0.29) is 11.2 Å². The highest BCUT2D eigenvalue weighted by Gasteiger charge is 2.21. The molecule has 0 saturated heterocycles. The van der Waals surface area contributed by atoms with Crippen molar-refractivity contribution in [2.45, 2.75) is 50.6 Å². The number of aromatic nitrogens is 3. The molecule has 0 spiro atoms. The standard InChI is InChI=1S/C18H25N3O3S/c1-5-7-12-21-16(14-8-10-15(23-4)11-9-14)19-20-18(21)25-13(3)17(22)24-6-2/h8-11,13H,5-7,12H2,1-4H3. The Balaban J connectivity index is 2.27. The molecule has 0 saturated carbocycles. The predicted molar refractivity (Wildman–Crippen MR) is 98.9 cm³/mol. The molecule has 1 heterocycles. The van der Waals surface area contributed by atoms with Gasteiger partial charge >= 0.3 is 5.97 Å². The highest BCUT2D eigenvalue weighted by Crippen LogP contribution is 2.28. The summed E-state index contributed by atoms with van der Waals surface area (Å²) in [6, 6.07) is 7.74. The van der Waals surface area contributed by atoms with E-state index in [1.54, 1.807) is 14.0 Å². The Bertz CT molecular complexity index is 685. The molecule has 0 bridgehead atoms. The van der Waals surface area contributed by atoms with Gasteiger partial charge in [-0.05, 0) is 44.5 Å². The third-order valence-corrected chi connectivity index (χ3v) is 4.76. The van der Waals surface area contributed by atoms with Crippen LogP contribution in [0.15, 0.2) is 29.4 Å². The van der Waals surface area contributed by atoms with E-state index in [2.05, 4.69) is 21.7 Å². The molecule has 1 unspecified atom stereocenters. The summed E-state index contributed by atoms with van der Waals surface area (Å²) >= 11 is 1.38. The lowest BCUT2D eigenvalue weighted by Gasteiger charge is -2.12. The number of hydrogen-bond acceptors (Lipinski definition) is 6. The first-order chi connectivity index (χ1) is 12.1. The molecule has 0 amide bonds. The van der Waals surface area contributed by atoms with Gasteiger partial charge in [-0.25, -0.2) is 0 Å². The summed E-state index contributed by atoms with van der Waals surface area (Å²) in [6.45, 7) is 6.97. The van der Waals surface area contributed by atoms with Crippen LogP contribution in [0.1, 0.15) is 33.6 Å². The summed E-state index contributed by atoms with van der Waals surface area (Å²) in [4.78, 5) is 11.9. The average molecular weight is 363 g/mol. The molecule has 7 heteroatoms. The molecule has 0 radical (unpaired) electrons. The first-order valence-corrected chi connectivity index (χ1v) is 9.39. The van der Waals surface area contributed by atoms with Crippen LogP contribution >= 0.6 is 11.8 Å². The van der Waals surface area contributed by atoms with E-state index in [4.69, 9.17) is 9.47 Å². The van der Waals surface area contributed by atoms with Crippen molar-refractivity contribution in [2.24, 2.45) is 0 Å². The molecule has 0 fully saturated rings. The van der Waals surface area contributed by atoms with Gasteiger partial charge in [0.25, 0.3) is 0 Å². The van der Waals surface area contributed by atoms with Crippen LogP contribution in [0.25, 0.3) is 11.4 Å². The Morgan fingerprint density at radius 2 is 1.96 bits per heavy atom. The topological polar surface area (TPSA) is 66.2 Å². The van der Waals surface area contributed by atoms with Gasteiger partial charge in [-0.2, -0.15) is 0 Å². The quantitative estimate of drug-likeness (QED) is 0.499. The molecule has 6 nitrogen and oxygen atoms in total. The van der Waals surface area contributed by atoms with Gasteiger partial charge < -0.3 is 14.0 Å². The van der Waals surface area contributed by atoms with Crippen LogP contribution in [0, 0.1) is 0 Å². The lowest BCUT2D eigenvalue weighted by molar-refractivity contribution is -0.142. The maximum Gasteiger partial charge on any atom is 0.319 e. The van der Waals surface area contributed by atoms with Crippen LogP contribution in [-0.2, 0) is 16.1 Å². The number of ether oxygens (including phenoxy) is 2. The van der Waals surface area contributed by atoms with Crippen molar-refractivity contribution in [1.29, 1.82) is 0 Å². The Hall–Kier alpha value is -2.02. The third kappa shape index (κ3) is 4.98. The van der Waals surface area contributed by atoms with Crippen molar-refractivity contribution in [3.8, 4) is 17.1 Å². The molecule has 25 heavy (non-hydrogen) atoms. The molecule has 2 rings (SSSR count). The number of benzene rings is 1. The third-order valence-electron chi connectivity index (χ3n) is 3.70. The molecule has 0 aliphatic rings. The second-order valence-electron chi connectivity index (χ2n) is 5.55. The Morgan fingerprint density at radius 3 is 2.56 bits per heavy atom. The number of carbonyl (C=O) groups excluding carboxylic acids is 1. The fraction of sp³-hybridized carbons (Fsp3) is 0.500. The minimum atomic E-state index is -0.326. The highest BCUT2D eigenvalue weighted by atomic mass is 32.2. The largest absolute Gasteiger partial charge is 0.497 e. The zero-order chi connectivity index (χ0) is 18.2. The van der Waals surface area contributed by atoms with E-state index < -0.39 is 0 Å². The summed E-state index contributed by atoms with van der Waals surface area (Å²) < 4.78 is 12.4. The van der Waals surface area contributed by atoms with Crippen molar-refractivity contribution in [1.82, 2.24) is 14.8 Å². The van der Waals surface area contributed by atoms with Gasteiger partial charge in [0.1, 0.15) is 11.0 Å². The number of rotatable bonds is 9. The molecule has 0 aliphatic heterocycles. The van der Waals surface area contributed by atoms with Gasteiger partial charge in [-0.15, -0.1) is 10.2 Å². The number of hydrogen-bond donors (Lipinski definition) is 0.